The highest BCUT2D eigenvalue weighted by Crippen LogP contribution is 2.24. The lowest BCUT2D eigenvalue weighted by Gasteiger charge is -2.08. The van der Waals surface area contributed by atoms with E-state index in [0.29, 0.717) is 12.3 Å². The van der Waals surface area contributed by atoms with Gasteiger partial charge >= 0.3 is 0 Å². The predicted octanol–water partition coefficient (Wildman–Crippen LogP) is 4.00. The molecule has 2 aromatic carbocycles. The largest absolute Gasteiger partial charge is 0.484 e. The monoisotopic (exact) mass is 384 g/mol. The van der Waals surface area contributed by atoms with Gasteiger partial charge in [-0.05, 0) is 54.1 Å². The molecule has 0 saturated heterocycles. The number of nitrogens with zero attached hydrogens (tertiary/aromatic N) is 1. The van der Waals surface area contributed by atoms with E-state index in [0.717, 1.165) is 26.6 Å². The molecule has 1 N–H and O–H groups in total. The van der Waals surface area contributed by atoms with Crippen molar-refractivity contribution in [3.63, 3.8) is 0 Å². The minimum Gasteiger partial charge on any atom is -0.484 e. The molecule has 1 amide bonds. The third-order valence-corrected chi connectivity index (χ3v) is 4.05. The van der Waals surface area contributed by atoms with E-state index in [1.165, 1.54) is 0 Å². The van der Waals surface area contributed by atoms with E-state index in [-0.39, 0.29) is 12.5 Å². The highest BCUT2D eigenvalue weighted by molar-refractivity contribution is 9.10. The predicted molar refractivity (Wildman–Crippen MR) is 98.0 cm³/mol. The van der Waals surface area contributed by atoms with Gasteiger partial charge in [0, 0.05) is 10.2 Å². The van der Waals surface area contributed by atoms with Crippen molar-refractivity contribution >= 4 is 32.6 Å². The maximum absolute atomic E-state index is 11.9. The van der Waals surface area contributed by atoms with Gasteiger partial charge in [0.2, 0.25) is 0 Å². The molecule has 0 aliphatic heterocycles. The summed E-state index contributed by atoms with van der Waals surface area (Å²) in [6.45, 7) is 2.30. The lowest BCUT2D eigenvalue weighted by molar-refractivity contribution is -0.123. The molecule has 0 aliphatic carbocycles. The van der Waals surface area contributed by atoms with E-state index >= 15 is 0 Å². The van der Waals surface area contributed by atoms with Crippen molar-refractivity contribution in [2.24, 2.45) is 0 Å². The van der Waals surface area contributed by atoms with Crippen molar-refractivity contribution in [3.05, 3.63) is 70.5 Å². The summed E-state index contributed by atoms with van der Waals surface area (Å²) in [4.78, 5) is 16.3. The van der Waals surface area contributed by atoms with Crippen LogP contribution < -0.4 is 10.1 Å². The molecular weight excluding hydrogens is 368 g/mol. The van der Waals surface area contributed by atoms with Gasteiger partial charge in [0.05, 0.1) is 12.2 Å². The summed E-state index contributed by atoms with van der Waals surface area (Å²) < 4.78 is 6.61. The fourth-order valence-corrected chi connectivity index (χ4v) is 2.75. The van der Waals surface area contributed by atoms with Crippen molar-refractivity contribution in [1.29, 1.82) is 0 Å². The van der Waals surface area contributed by atoms with Crippen LogP contribution in [0.2, 0.25) is 0 Å². The highest BCUT2D eigenvalue weighted by atomic mass is 79.9. The molecule has 4 nitrogen and oxygen atoms in total. The number of pyridine rings is 1. The normalized spacial score (nSPS) is 10.6. The van der Waals surface area contributed by atoms with E-state index in [2.05, 4.69) is 26.2 Å². The molecule has 0 atom stereocenters. The molecular formula is C19H17BrN2O2. The highest BCUT2D eigenvalue weighted by Gasteiger charge is 2.05. The van der Waals surface area contributed by atoms with Gasteiger partial charge in [-0.15, -0.1) is 0 Å². The summed E-state index contributed by atoms with van der Waals surface area (Å²) in [5.41, 5.74) is 1.76. The smallest absolute Gasteiger partial charge is 0.258 e. The van der Waals surface area contributed by atoms with Crippen LogP contribution in [0, 0.1) is 6.92 Å². The van der Waals surface area contributed by atoms with E-state index < -0.39 is 0 Å². The van der Waals surface area contributed by atoms with Crippen LogP contribution >= 0.6 is 15.9 Å². The lowest BCUT2D eigenvalue weighted by atomic mass is 10.1. The molecule has 0 saturated carbocycles. The number of nitrogens with one attached hydrogen (secondary N) is 1. The van der Waals surface area contributed by atoms with Gasteiger partial charge in [0.1, 0.15) is 5.75 Å². The first-order chi connectivity index (χ1) is 11.6. The van der Waals surface area contributed by atoms with Gasteiger partial charge in [-0.25, -0.2) is 0 Å². The van der Waals surface area contributed by atoms with Crippen LogP contribution in [-0.2, 0) is 11.3 Å². The first-order valence-corrected chi connectivity index (χ1v) is 8.41. The third-order valence-electron chi connectivity index (χ3n) is 3.56. The number of rotatable bonds is 5. The Balaban J connectivity index is 1.55. The second kappa shape index (κ2) is 7.45. The number of hydrogen-bond acceptors (Lipinski definition) is 3. The molecule has 3 aromatic rings. The molecule has 1 aromatic heterocycles. The fourth-order valence-electron chi connectivity index (χ4n) is 2.37. The Morgan fingerprint density at radius 1 is 1.12 bits per heavy atom. The first-order valence-electron chi connectivity index (χ1n) is 7.61. The Labute approximate surface area is 149 Å². The summed E-state index contributed by atoms with van der Waals surface area (Å²) in [7, 11) is 0. The number of hydrogen-bond donors (Lipinski definition) is 1. The number of benzene rings is 2. The average molecular weight is 385 g/mol. The SMILES string of the molecule is Cc1cccc(CNC(=O)COc2ccc3cc(Br)ccc3c2)n1. The standard InChI is InChI=1S/C19H17BrN2O2/c1-13-3-2-4-17(22-13)11-21-19(23)12-24-18-8-6-14-9-16(20)7-5-15(14)10-18/h2-10H,11-12H2,1H3,(H,21,23). The number of carbonyl (C=O) groups excluding carboxylic acids is 1. The van der Waals surface area contributed by atoms with Gasteiger partial charge in [-0.3, -0.25) is 9.78 Å². The minimum atomic E-state index is -0.172. The van der Waals surface area contributed by atoms with Gasteiger partial charge < -0.3 is 10.1 Å². The Morgan fingerprint density at radius 2 is 1.92 bits per heavy atom. The molecule has 5 heteroatoms. The van der Waals surface area contributed by atoms with Crippen LogP contribution in [-0.4, -0.2) is 17.5 Å². The van der Waals surface area contributed by atoms with Crippen LogP contribution in [0.5, 0.6) is 5.75 Å². The number of carbonyl (C=O) groups is 1. The van der Waals surface area contributed by atoms with Crippen molar-refractivity contribution in [3.8, 4) is 5.75 Å². The molecule has 0 spiro atoms. The van der Waals surface area contributed by atoms with Gasteiger partial charge in [-0.2, -0.15) is 0 Å². The maximum atomic E-state index is 11.9. The van der Waals surface area contributed by atoms with Gasteiger partial charge in [0.15, 0.2) is 6.61 Å². The molecule has 0 aliphatic rings. The topological polar surface area (TPSA) is 51.2 Å². The fraction of sp³-hybridized carbons (Fsp3) is 0.158. The number of aryl methyl sites for hydroxylation is 1. The Morgan fingerprint density at radius 3 is 2.75 bits per heavy atom. The molecule has 24 heavy (non-hydrogen) atoms. The Hall–Kier alpha value is -2.40. The van der Waals surface area contributed by atoms with E-state index in [1.807, 2.05) is 61.5 Å². The zero-order valence-corrected chi connectivity index (χ0v) is 14.8. The van der Waals surface area contributed by atoms with Crippen LogP contribution in [0.3, 0.4) is 0 Å². The van der Waals surface area contributed by atoms with Gasteiger partial charge in [-0.1, -0.05) is 34.1 Å². The van der Waals surface area contributed by atoms with Gasteiger partial charge in [0.25, 0.3) is 5.91 Å². The lowest BCUT2D eigenvalue weighted by Crippen LogP contribution is -2.28. The van der Waals surface area contributed by atoms with E-state index in [9.17, 15) is 4.79 Å². The molecule has 1 heterocycles. The summed E-state index contributed by atoms with van der Waals surface area (Å²) in [6, 6.07) is 17.5. The minimum absolute atomic E-state index is 0.0200. The van der Waals surface area contributed by atoms with Crippen LogP contribution in [0.1, 0.15) is 11.4 Å². The van der Waals surface area contributed by atoms with E-state index in [1.54, 1.807) is 0 Å². The zero-order valence-electron chi connectivity index (χ0n) is 13.3. The second-order valence-corrected chi connectivity index (χ2v) is 6.40. The second-order valence-electron chi connectivity index (χ2n) is 5.49. The number of aromatic nitrogens is 1. The number of amides is 1. The van der Waals surface area contributed by atoms with Crippen molar-refractivity contribution in [2.45, 2.75) is 13.5 Å². The summed E-state index contributed by atoms with van der Waals surface area (Å²) in [6.07, 6.45) is 0. The average Bonchev–Trinajstić information content (AvgIpc) is 2.58. The van der Waals surface area contributed by atoms with E-state index in [4.69, 9.17) is 4.74 Å². The quantitative estimate of drug-likeness (QED) is 0.722. The number of halogens is 1. The first kappa shape index (κ1) is 16.5. The van der Waals surface area contributed by atoms with Crippen LogP contribution in [0.15, 0.2) is 59.1 Å². The summed E-state index contributed by atoms with van der Waals surface area (Å²) in [5.74, 6) is 0.503. The zero-order chi connectivity index (χ0) is 16.9. The molecule has 122 valence electrons. The van der Waals surface area contributed by atoms with Crippen LogP contribution in [0.4, 0.5) is 0 Å². The Kier molecular flexibility index (Phi) is 5.11. The van der Waals surface area contributed by atoms with Crippen molar-refractivity contribution in [2.75, 3.05) is 6.61 Å². The Bertz CT molecular complexity index is 880. The molecule has 0 radical (unpaired) electrons. The summed E-state index contributed by atoms with van der Waals surface area (Å²) >= 11 is 3.45. The molecule has 0 unspecified atom stereocenters. The molecule has 0 bridgehead atoms. The number of fused-ring (bicyclic) bond motifs is 1. The number of ether oxygens (including phenoxy) is 1. The molecule has 0 fully saturated rings. The van der Waals surface area contributed by atoms with Crippen LogP contribution in [0.25, 0.3) is 10.8 Å². The van der Waals surface area contributed by atoms with Crippen molar-refractivity contribution in [1.82, 2.24) is 10.3 Å². The van der Waals surface area contributed by atoms with Crippen molar-refractivity contribution < 1.29 is 9.53 Å². The maximum Gasteiger partial charge on any atom is 0.258 e. The molecule has 3 rings (SSSR count). The third kappa shape index (κ3) is 4.32. The summed E-state index contributed by atoms with van der Waals surface area (Å²) in [5, 5.41) is 5.00.